The molecule has 0 radical (unpaired) electrons. The Bertz CT molecular complexity index is 480. The van der Waals surface area contributed by atoms with E-state index < -0.39 is 18.0 Å². The van der Waals surface area contributed by atoms with Gasteiger partial charge in [-0.3, -0.25) is 4.79 Å². The predicted molar refractivity (Wildman–Crippen MR) is 67.4 cm³/mol. The number of methoxy groups -OCH3 is 1. The van der Waals surface area contributed by atoms with Crippen molar-refractivity contribution in [3.63, 3.8) is 0 Å². The molecule has 19 heavy (non-hydrogen) atoms. The molecular weight excluding hydrogens is 250 g/mol. The highest BCUT2D eigenvalue weighted by Gasteiger charge is 2.20. The summed E-state index contributed by atoms with van der Waals surface area (Å²) < 4.78 is 4.46. The maximum absolute atomic E-state index is 11.2. The van der Waals surface area contributed by atoms with Crippen LogP contribution in [0.4, 0.5) is 0 Å². The third kappa shape index (κ3) is 4.34. The van der Waals surface area contributed by atoms with E-state index in [1.165, 1.54) is 31.4 Å². The Morgan fingerprint density at radius 3 is 2.42 bits per heavy atom. The fourth-order valence-electron chi connectivity index (χ4n) is 1.46. The number of ether oxygens (including phenoxy) is 1. The normalized spacial score (nSPS) is 11.4. The van der Waals surface area contributed by atoms with Crippen LogP contribution in [0.15, 0.2) is 36.5 Å². The molecule has 3 N–H and O–H groups in total. The van der Waals surface area contributed by atoms with Crippen LogP contribution < -0.4 is 5.32 Å². The van der Waals surface area contributed by atoms with E-state index >= 15 is 0 Å². The molecule has 0 amide bonds. The maximum atomic E-state index is 11.2. The predicted octanol–water partition coefficient (Wildman–Crippen LogP) is 1.18. The summed E-state index contributed by atoms with van der Waals surface area (Å²) in [7, 11) is 1.24. The number of aliphatic carboxylic acids is 1. The summed E-state index contributed by atoms with van der Waals surface area (Å²) in [5.41, 5.74) is 0.684. The standard InChI is InChI=1S/C13H15NO5/c1-8(7-11(16)19-2)14-12(13(17)18)9-3-5-10(15)6-4-9/h3-6,12,14-15H,1,7H2,2H3,(H,17,18). The highest BCUT2D eigenvalue weighted by Crippen LogP contribution is 2.18. The van der Waals surface area contributed by atoms with Gasteiger partial charge in [-0.1, -0.05) is 18.7 Å². The van der Waals surface area contributed by atoms with E-state index in [1.807, 2.05) is 0 Å². The number of carbonyl (C=O) groups is 2. The van der Waals surface area contributed by atoms with Crippen molar-refractivity contribution in [3.8, 4) is 5.75 Å². The third-order valence-corrected chi connectivity index (χ3v) is 2.41. The average molecular weight is 265 g/mol. The van der Waals surface area contributed by atoms with Crippen LogP contribution >= 0.6 is 0 Å². The zero-order valence-corrected chi connectivity index (χ0v) is 10.4. The lowest BCUT2D eigenvalue weighted by Crippen LogP contribution is -2.28. The van der Waals surface area contributed by atoms with Crippen molar-refractivity contribution >= 4 is 11.9 Å². The van der Waals surface area contributed by atoms with Gasteiger partial charge < -0.3 is 20.3 Å². The minimum Gasteiger partial charge on any atom is -0.508 e. The number of nitrogens with one attached hydrogen (secondary N) is 1. The Kier molecular flexibility index (Phi) is 4.93. The number of rotatable bonds is 6. The molecule has 1 unspecified atom stereocenters. The maximum Gasteiger partial charge on any atom is 0.330 e. The molecule has 1 aromatic rings. The van der Waals surface area contributed by atoms with Crippen LogP contribution in [0.1, 0.15) is 18.0 Å². The molecule has 0 aliphatic heterocycles. The molecule has 0 fully saturated rings. The lowest BCUT2D eigenvalue weighted by atomic mass is 10.1. The van der Waals surface area contributed by atoms with Crippen LogP contribution in [0.3, 0.4) is 0 Å². The summed E-state index contributed by atoms with van der Waals surface area (Å²) in [5.74, 6) is -1.58. The summed E-state index contributed by atoms with van der Waals surface area (Å²) >= 11 is 0. The molecule has 0 aromatic heterocycles. The first-order valence-electron chi connectivity index (χ1n) is 5.47. The summed E-state index contributed by atoms with van der Waals surface area (Å²) in [6, 6.07) is 4.68. The smallest absolute Gasteiger partial charge is 0.330 e. The minimum absolute atomic E-state index is 0.0428. The molecule has 0 saturated heterocycles. The van der Waals surface area contributed by atoms with Gasteiger partial charge in [0.05, 0.1) is 13.5 Å². The number of carboxylic acid groups (broad SMARTS) is 1. The number of phenolic OH excluding ortho intramolecular Hbond substituents is 1. The van der Waals surface area contributed by atoms with Crippen molar-refractivity contribution in [3.05, 3.63) is 42.1 Å². The second-order valence-electron chi connectivity index (χ2n) is 3.86. The van der Waals surface area contributed by atoms with Crippen LogP contribution in [-0.2, 0) is 14.3 Å². The Hall–Kier alpha value is -2.50. The van der Waals surface area contributed by atoms with Crippen molar-refractivity contribution < 1.29 is 24.5 Å². The largest absolute Gasteiger partial charge is 0.508 e. The van der Waals surface area contributed by atoms with Crippen molar-refractivity contribution in [1.29, 1.82) is 0 Å². The van der Waals surface area contributed by atoms with Gasteiger partial charge in [-0.15, -0.1) is 0 Å². The number of esters is 1. The number of aromatic hydroxyl groups is 1. The monoisotopic (exact) mass is 265 g/mol. The Morgan fingerprint density at radius 2 is 1.95 bits per heavy atom. The highest BCUT2D eigenvalue weighted by atomic mass is 16.5. The first-order valence-corrected chi connectivity index (χ1v) is 5.47. The molecule has 0 heterocycles. The molecule has 6 heteroatoms. The molecule has 0 spiro atoms. The zero-order valence-electron chi connectivity index (χ0n) is 10.4. The van der Waals surface area contributed by atoms with Gasteiger partial charge in [0.15, 0.2) is 0 Å². The van der Waals surface area contributed by atoms with E-state index in [0.717, 1.165) is 0 Å². The van der Waals surface area contributed by atoms with Gasteiger partial charge >= 0.3 is 11.9 Å². The molecule has 1 aromatic carbocycles. The van der Waals surface area contributed by atoms with Gasteiger partial charge in [-0.2, -0.15) is 0 Å². The van der Waals surface area contributed by atoms with Gasteiger partial charge in [0.2, 0.25) is 0 Å². The summed E-state index contributed by atoms with van der Waals surface area (Å²) in [6.07, 6.45) is -0.113. The lowest BCUT2D eigenvalue weighted by Gasteiger charge is -2.17. The van der Waals surface area contributed by atoms with Crippen LogP contribution in [0.25, 0.3) is 0 Å². The molecule has 0 aliphatic carbocycles. The zero-order chi connectivity index (χ0) is 14.4. The van der Waals surface area contributed by atoms with Crippen molar-refractivity contribution in [2.75, 3.05) is 7.11 Å². The molecule has 1 rings (SSSR count). The first kappa shape index (κ1) is 14.6. The molecular formula is C13H15NO5. The van der Waals surface area contributed by atoms with E-state index in [2.05, 4.69) is 16.6 Å². The molecule has 0 saturated carbocycles. The number of carboxylic acids is 1. The fraction of sp³-hybridized carbons (Fsp3) is 0.231. The van der Waals surface area contributed by atoms with Crippen LogP contribution in [0.5, 0.6) is 5.75 Å². The van der Waals surface area contributed by atoms with Gasteiger partial charge in [-0.25, -0.2) is 4.79 Å². The fourth-order valence-corrected chi connectivity index (χ4v) is 1.46. The molecule has 0 bridgehead atoms. The number of phenols is 1. The SMILES string of the molecule is C=C(CC(=O)OC)NC(C(=O)O)c1ccc(O)cc1. The average Bonchev–Trinajstić information content (AvgIpc) is 2.36. The van der Waals surface area contributed by atoms with Crippen molar-refractivity contribution in [2.24, 2.45) is 0 Å². The number of hydrogen-bond acceptors (Lipinski definition) is 5. The Balaban J connectivity index is 2.79. The number of carbonyl (C=O) groups excluding carboxylic acids is 1. The van der Waals surface area contributed by atoms with E-state index in [0.29, 0.717) is 5.56 Å². The Morgan fingerprint density at radius 1 is 1.37 bits per heavy atom. The lowest BCUT2D eigenvalue weighted by molar-refractivity contribution is -0.141. The quantitative estimate of drug-likeness (QED) is 0.668. The summed E-state index contributed by atoms with van der Waals surface area (Å²) in [5, 5.41) is 21.0. The van der Waals surface area contributed by atoms with Gasteiger partial charge in [0, 0.05) is 5.70 Å². The van der Waals surface area contributed by atoms with Crippen LogP contribution in [-0.4, -0.2) is 29.3 Å². The van der Waals surface area contributed by atoms with Gasteiger partial charge in [-0.05, 0) is 17.7 Å². The topological polar surface area (TPSA) is 95.9 Å². The summed E-state index contributed by atoms with van der Waals surface area (Å²) in [4.78, 5) is 22.2. The molecule has 1 atom stereocenters. The van der Waals surface area contributed by atoms with E-state index in [4.69, 9.17) is 10.2 Å². The van der Waals surface area contributed by atoms with Crippen molar-refractivity contribution in [2.45, 2.75) is 12.5 Å². The molecule has 6 nitrogen and oxygen atoms in total. The van der Waals surface area contributed by atoms with Gasteiger partial charge in [0.1, 0.15) is 11.8 Å². The van der Waals surface area contributed by atoms with Crippen LogP contribution in [0, 0.1) is 0 Å². The minimum atomic E-state index is -1.11. The Labute approximate surface area is 110 Å². The molecule has 102 valence electrons. The number of benzene rings is 1. The second-order valence-corrected chi connectivity index (χ2v) is 3.86. The number of hydrogen-bond donors (Lipinski definition) is 3. The van der Waals surface area contributed by atoms with Crippen LogP contribution in [0.2, 0.25) is 0 Å². The van der Waals surface area contributed by atoms with E-state index in [-0.39, 0.29) is 17.9 Å². The molecule has 0 aliphatic rings. The first-order chi connectivity index (χ1) is 8.93. The second kappa shape index (κ2) is 6.44. The van der Waals surface area contributed by atoms with Gasteiger partial charge in [0.25, 0.3) is 0 Å². The third-order valence-electron chi connectivity index (χ3n) is 2.41. The van der Waals surface area contributed by atoms with E-state index in [9.17, 15) is 9.59 Å². The van der Waals surface area contributed by atoms with E-state index in [1.54, 1.807) is 0 Å². The summed E-state index contributed by atoms with van der Waals surface area (Å²) in [6.45, 7) is 3.58. The van der Waals surface area contributed by atoms with Crippen molar-refractivity contribution in [1.82, 2.24) is 5.32 Å². The highest BCUT2D eigenvalue weighted by molar-refractivity contribution is 5.77.